The van der Waals surface area contributed by atoms with Crippen LogP contribution in [0.3, 0.4) is 0 Å². The summed E-state index contributed by atoms with van der Waals surface area (Å²) in [6.45, 7) is 3.31. The third-order valence-electron chi connectivity index (χ3n) is 3.07. The van der Waals surface area contributed by atoms with E-state index in [4.69, 9.17) is 5.11 Å². The van der Waals surface area contributed by atoms with Crippen LogP contribution in [-0.2, 0) is 10.0 Å². The van der Waals surface area contributed by atoms with Gasteiger partial charge in [0.1, 0.15) is 0 Å². The first-order valence-corrected chi connectivity index (χ1v) is 7.57. The molecule has 0 saturated carbocycles. The van der Waals surface area contributed by atoms with Crippen molar-refractivity contribution in [3.8, 4) is 0 Å². The molecule has 0 amide bonds. The molecule has 0 fully saturated rings. The smallest absolute Gasteiger partial charge is 0.335 e. The lowest BCUT2D eigenvalue weighted by molar-refractivity contribution is 0.0696. The van der Waals surface area contributed by atoms with Gasteiger partial charge in [0.05, 0.1) is 22.3 Å². The lowest BCUT2D eigenvalue weighted by Gasteiger charge is -2.13. The van der Waals surface area contributed by atoms with Gasteiger partial charge in [0.15, 0.2) is 0 Å². The summed E-state index contributed by atoms with van der Waals surface area (Å²) in [4.78, 5) is 14.9. The first-order valence-electron chi connectivity index (χ1n) is 6.08. The minimum absolute atomic E-state index is 0.0521. The van der Waals surface area contributed by atoms with E-state index in [0.717, 1.165) is 6.07 Å². The second-order valence-electron chi connectivity index (χ2n) is 4.57. The first kappa shape index (κ1) is 15.0. The number of anilines is 1. The third-order valence-corrected chi connectivity index (χ3v) is 4.58. The number of hydrogen-bond donors (Lipinski definition) is 2. The predicted octanol–water partition coefficient (Wildman–Crippen LogP) is 2.20. The molecule has 2 aromatic rings. The van der Waals surface area contributed by atoms with Crippen LogP contribution in [0.2, 0.25) is 0 Å². The van der Waals surface area contributed by atoms with Crippen LogP contribution >= 0.6 is 0 Å². The van der Waals surface area contributed by atoms with E-state index < -0.39 is 16.0 Å². The predicted molar refractivity (Wildman–Crippen MR) is 77.9 cm³/mol. The summed E-state index contributed by atoms with van der Waals surface area (Å²) in [6, 6.07) is 5.77. The number of nitrogens with zero attached hydrogens (tertiary/aromatic N) is 1. The standard InChI is InChI=1S/C14H14N2O4S/c1-9-6-11(14(17)18)7-13(10(9)2)21(19,20)16-12-4-3-5-15-8-12/h3-8,16H,1-2H3,(H,17,18). The van der Waals surface area contributed by atoms with Crippen molar-refractivity contribution in [2.75, 3.05) is 4.72 Å². The Labute approximate surface area is 122 Å². The maximum atomic E-state index is 12.4. The second-order valence-corrected chi connectivity index (χ2v) is 6.22. The van der Waals surface area contributed by atoms with E-state index in [-0.39, 0.29) is 10.5 Å². The van der Waals surface area contributed by atoms with Crippen molar-refractivity contribution in [1.82, 2.24) is 4.98 Å². The van der Waals surface area contributed by atoms with Crippen molar-refractivity contribution in [2.24, 2.45) is 0 Å². The summed E-state index contributed by atoms with van der Waals surface area (Å²) in [6.07, 6.45) is 2.90. The highest BCUT2D eigenvalue weighted by Gasteiger charge is 2.20. The number of nitrogens with one attached hydrogen (secondary N) is 1. The van der Waals surface area contributed by atoms with Gasteiger partial charge in [0.2, 0.25) is 0 Å². The van der Waals surface area contributed by atoms with E-state index in [1.807, 2.05) is 0 Å². The van der Waals surface area contributed by atoms with E-state index in [1.165, 1.54) is 18.5 Å². The minimum atomic E-state index is -3.88. The number of carboxylic acid groups (broad SMARTS) is 1. The van der Waals surface area contributed by atoms with Gasteiger partial charge >= 0.3 is 5.97 Å². The van der Waals surface area contributed by atoms with Crippen LogP contribution in [-0.4, -0.2) is 24.5 Å². The highest BCUT2D eigenvalue weighted by Crippen LogP contribution is 2.23. The fourth-order valence-corrected chi connectivity index (χ4v) is 3.25. The quantitative estimate of drug-likeness (QED) is 0.902. The molecule has 0 unspecified atom stereocenters. The van der Waals surface area contributed by atoms with E-state index in [9.17, 15) is 13.2 Å². The molecule has 0 aliphatic heterocycles. The molecule has 0 aliphatic rings. The molecule has 0 radical (unpaired) electrons. The summed E-state index contributed by atoms with van der Waals surface area (Å²) in [5, 5.41) is 9.05. The fourth-order valence-electron chi connectivity index (χ4n) is 1.86. The zero-order chi connectivity index (χ0) is 15.6. The van der Waals surface area contributed by atoms with Gasteiger partial charge in [-0.15, -0.1) is 0 Å². The highest BCUT2D eigenvalue weighted by atomic mass is 32.2. The second kappa shape index (κ2) is 5.53. The van der Waals surface area contributed by atoms with Gasteiger partial charge in [-0.05, 0) is 49.2 Å². The molecule has 0 saturated heterocycles. The summed E-state index contributed by atoms with van der Waals surface area (Å²) < 4.78 is 27.2. The largest absolute Gasteiger partial charge is 0.478 e. The molecule has 6 nitrogen and oxygen atoms in total. The summed E-state index contributed by atoms with van der Waals surface area (Å²) >= 11 is 0. The van der Waals surface area contributed by atoms with Crippen molar-refractivity contribution in [1.29, 1.82) is 0 Å². The number of carboxylic acids is 1. The molecule has 0 atom stereocenters. The number of sulfonamides is 1. The minimum Gasteiger partial charge on any atom is -0.478 e. The number of aromatic nitrogens is 1. The van der Waals surface area contributed by atoms with Crippen molar-refractivity contribution < 1.29 is 18.3 Å². The van der Waals surface area contributed by atoms with E-state index in [2.05, 4.69) is 9.71 Å². The monoisotopic (exact) mass is 306 g/mol. The normalized spacial score (nSPS) is 11.1. The fraction of sp³-hybridized carbons (Fsp3) is 0.143. The number of aryl methyl sites for hydroxylation is 1. The van der Waals surface area contributed by atoms with E-state index >= 15 is 0 Å². The molecule has 1 heterocycles. The Morgan fingerprint density at radius 2 is 2.00 bits per heavy atom. The van der Waals surface area contributed by atoms with Crippen molar-refractivity contribution in [2.45, 2.75) is 18.7 Å². The molecule has 0 bridgehead atoms. The van der Waals surface area contributed by atoms with Gasteiger partial charge in [-0.25, -0.2) is 13.2 Å². The molecule has 2 N–H and O–H groups in total. The lowest BCUT2D eigenvalue weighted by Crippen LogP contribution is -2.16. The Balaban J connectivity index is 2.52. The van der Waals surface area contributed by atoms with Crippen molar-refractivity contribution in [3.05, 3.63) is 53.3 Å². The zero-order valence-corrected chi connectivity index (χ0v) is 12.3. The molecule has 2 rings (SSSR count). The van der Waals surface area contributed by atoms with Crippen LogP contribution in [0.5, 0.6) is 0 Å². The van der Waals surface area contributed by atoms with Crippen LogP contribution in [0, 0.1) is 13.8 Å². The molecule has 1 aromatic carbocycles. The van der Waals surface area contributed by atoms with Crippen molar-refractivity contribution >= 4 is 21.7 Å². The maximum absolute atomic E-state index is 12.4. The maximum Gasteiger partial charge on any atom is 0.335 e. The molecule has 21 heavy (non-hydrogen) atoms. The molecule has 7 heteroatoms. The average Bonchev–Trinajstić information content (AvgIpc) is 2.41. The summed E-state index contributed by atoms with van der Waals surface area (Å²) in [5.74, 6) is -1.17. The van der Waals surface area contributed by atoms with Gasteiger partial charge in [-0.1, -0.05) is 0 Å². The highest BCUT2D eigenvalue weighted by molar-refractivity contribution is 7.92. The Morgan fingerprint density at radius 3 is 2.57 bits per heavy atom. The number of carbonyl (C=O) groups is 1. The zero-order valence-electron chi connectivity index (χ0n) is 11.5. The van der Waals surface area contributed by atoms with Gasteiger partial charge in [0.25, 0.3) is 10.0 Å². The van der Waals surface area contributed by atoms with E-state index in [0.29, 0.717) is 16.8 Å². The first-order chi connectivity index (χ1) is 9.81. The SMILES string of the molecule is Cc1cc(C(=O)O)cc(S(=O)(=O)Nc2cccnc2)c1C. The van der Waals surface area contributed by atoms with Gasteiger partial charge in [-0.2, -0.15) is 0 Å². The van der Waals surface area contributed by atoms with Crippen LogP contribution in [0.25, 0.3) is 0 Å². The number of hydrogen-bond acceptors (Lipinski definition) is 4. The average molecular weight is 306 g/mol. The van der Waals surface area contributed by atoms with Crippen LogP contribution in [0.4, 0.5) is 5.69 Å². The molecular weight excluding hydrogens is 292 g/mol. The molecular formula is C14H14N2O4S. The lowest BCUT2D eigenvalue weighted by atomic mass is 10.1. The van der Waals surface area contributed by atoms with Crippen LogP contribution < -0.4 is 4.72 Å². The molecule has 110 valence electrons. The number of pyridine rings is 1. The Morgan fingerprint density at radius 1 is 1.29 bits per heavy atom. The van der Waals surface area contributed by atoms with Gasteiger partial charge in [-0.3, -0.25) is 9.71 Å². The number of rotatable bonds is 4. The number of aromatic carboxylic acids is 1. The molecule has 0 spiro atoms. The van der Waals surface area contributed by atoms with Crippen molar-refractivity contribution in [3.63, 3.8) is 0 Å². The summed E-state index contributed by atoms with van der Waals surface area (Å²) in [5.41, 5.74) is 1.36. The van der Waals surface area contributed by atoms with Gasteiger partial charge < -0.3 is 5.11 Å². The summed E-state index contributed by atoms with van der Waals surface area (Å²) in [7, 11) is -3.88. The molecule has 1 aromatic heterocycles. The Hall–Kier alpha value is -2.41. The topological polar surface area (TPSA) is 96.4 Å². The van der Waals surface area contributed by atoms with Crippen LogP contribution in [0.15, 0.2) is 41.6 Å². The Bertz CT molecular complexity index is 786. The third kappa shape index (κ3) is 3.19. The number of benzene rings is 1. The van der Waals surface area contributed by atoms with E-state index in [1.54, 1.807) is 26.0 Å². The van der Waals surface area contributed by atoms with Crippen LogP contribution in [0.1, 0.15) is 21.5 Å². The molecule has 0 aliphatic carbocycles. The van der Waals surface area contributed by atoms with Gasteiger partial charge in [0, 0.05) is 6.20 Å². The Kier molecular flexibility index (Phi) is 3.95.